The van der Waals surface area contributed by atoms with Crippen molar-refractivity contribution >= 4 is 11.4 Å². The van der Waals surface area contributed by atoms with Crippen LogP contribution >= 0.6 is 0 Å². The zero-order valence-electron chi connectivity index (χ0n) is 12.9. The molecule has 0 fully saturated rings. The van der Waals surface area contributed by atoms with E-state index in [1.165, 1.54) is 5.56 Å². The molecule has 2 aromatic rings. The summed E-state index contributed by atoms with van der Waals surface area (Å²) in [6, 6.07) is 9.95. The highest BCUT2D eigenvalue weighted by atomic mass is 16.5. The molecule has 0 saturated heterocycles. The Morgan fingerprint density at radius 3 is 2.57 bits per heavy atom. The summed E-state index contributed by atoms with van der Waals surface area (Å²) in [7, 11) is 2.06. The predicted octanol–water partition coefficient (Wildman–Crippen LogP) is 3.13. The van der Waals surface area contributed by atoms with Crippen LogP contribution in [-0.4, -0.2) is 24.7 Å². The third kappa shape index (κ3) is 4.67. The summed E-state index contributed by atoms with van der Waals surface area (Å²) < 4.78 is 5.73. The van der Waals surface area contributed by atoms with Crippen LogP contribution in [0.15, 0.2) is 42.7 Å². The van der Waals surface area contributed by atoms with E-state index in [4.69, 9.17) is 10.5 Å². The maximum absolute atomic E-state index is 5.97. The Labute approximate surface area is 126 Å². The summed E-state index contributed by atoms with van der Waals surface area (Å²) in [6.07, 6.45) is 4.75. The molecule has 1 aromatic carbocycles. The van der Waals surface area contributed by atoms with Gasteiger partial charge in [-0.15, -0.1) is 0 Å². The lowest BCUT2D eigenvalue weighted by Gasteiger charge is -2.21. The number of nitrogens with zero attached hydrogens (tertiary/aromatic N) is 2. The maximum atomic E-state index is 5.97. The smallest absolute Gasteiger partial charge is 0.123 e. The summed E-state index contributed by atoms with van der Waals surface area (Å²) in [5.41, 5.74) is 9.03. The highest BCUT2D eigenvalue weighted by Crippen LogP contribution is 2.25. The number of nitrogen functional groups attached to an aromatic ring is 1. The van der Waals surface area contributed by atoms with E-state index in [0.717, 1.165) is 30.1 Å². The van der Waals surface area contributed by atoms with Crippen molar-refractivity contribution in [2.45, 2.75) is 26.4 Å². The molecule has 0 amide bonds. The molecule has 0 unspecified atom stereocenters. The fourth-order valence-electron chi connectivity index (χ4n) is 2.14. The number of ether oxygens (including phenoxy) is 1. The Balaban J connectivity index is 2.04. The second-order valence-electron chi connectivity index (χ2n) is 5.45. The van der Waals surface area contributed by atoms with Gasteiger partial charge in [-0.1, -0.05) is 0 Å². The Kier molecular flexibility index (Phi) is 5.04. The normalized spacial score (nSPS) is 10.7. The highest BCUT2D eigenvalue weighted by molar-refractivity contribution is 5.60. The van der Waals surface area contributed by atoms with Crippen LogP contribution in [0.25, 0.3) is 0 Å². The lowest BCUT2D eigenvalue weighted by Crippen LogP contribution is -2.20. The molecule has 2 rings (SSSR count). The minimum Gasteiger partial charge on any atom is -0.491 e. The van der Waals surface area contributed by atoms with Crippen molar-refractivity contribution in [2.75, 3.05) is 24.2 Å². The van der Waals surface area contributed by atoms with Crippen molar-refractivity contribution in [3.63, 3.8) is 0 Å². The molecule has 0 spiro atoms. The molecule has 4 nitrogen and oxygen atoms in total. The van der Waals surface area contributed by atoms with Gasteiger partial charge in [-0.2, -0.15) is 0 Å². The lowest BCUT2D eigenvalue weighted by molar-refractivity contribution is 0.242. The van der Waals surface area contributed by atoms with Crippen molar-refractivity contribution in [2.24, 2.45) is 0 Å². The van der Waals surface area contributed by atoms with Gasteiger partial charge in [0.15, 0.2) is 0 Å². The van der Waals surface area contributed by atoms with Gasteiger partial charge < -0.3 is 15.4 Å². The van der Waals surface area contributed by atoms with Crippen molar-refractivity contribution in [3.8, 4) is 5.75 Å². The van der Waals surface area contributed by atoms with Crippen LogP contribution in [0.2, 0.25) is 0 Å². The van der Waals surface area contributed by atoms with Crippen molar-refractivity contribution < 1.29 is 4.74 Å². The average molecular weight is 285 g/mol. The van der Waals surface area contributed by atoms with Crippen LogP contribution in [0.4, 0.5) is 11.4 Å². The molecule has 1 heterocycles. The third-order valence-electron chi connectivity index (χ3n) is 3.21. The number of hydrogen-bond donors (Lipinski definition) is 1. The standard InChI is InChI=1S/C17H23N3O/c1-13(2)21-17-11-15(18)10-16(12-17)20(3)9-6-14-4-7-19-8-5-14/h4-5,7-8,10-13H,6,9,18H2,1-3H3. The van der Waals surface area contributed by atoms with Crippen LogP contribution < -0.4 is 15.4 Å². The predicted molar refractivity (Wildman–Crippen MR) is 87.8 cm³/mol. The molecular weight excluding hydrogens is 262 g/mol. The SMILES string of the molecule is CC(C)Oc1cc(N)cc(N(C)CCc2ccncc2)c1. The summed E-state index contributed by atoms with van der Waals surface area (Å²) in [6.45, 7) is 4.93. The number of aromatic nitrogens is 1. The van der Waals surface area contributed by atoms with Crippen molar-refractivity contribution in [3.05, 3.63) is 48.3 Å². The number of hydrogen-bond acceptors (Lipinski definition) is 4. The molecule has 0 aliphatic carbocycles. The molecule has 2 N–H and O–H groups in total. The Morgan fingerprint density at radius 2 is 1.90 bits per heavy atom. The number of pyridine rings is 1. The second-order valence-corrected chi connectivity index (χ2v) is 5.45. The van der Waals surface area contributed by atoms with Gasteiger partial charge >= 0.3 is 0 Å². The molecule has 0 aliphatic heterocycles. The number of anilines is 2. The monoisotopic (exact) mass is 285 g/mol. The highest BCUT2D eigenvalue weighted by Gasteiger charge is 2.06. The van der Waals surface area contributed by atoms with Gasteiger partial charge in [-0.25, -0.2) is 0 Å². The van der Waals surface area contributed by atoms with Crippen LogP contribution in [0.3, 0.4) is 0 Å². The first kappa shape index (κ1) is 15.2. The van der Waals surface area contributed by atoms with Crippen molar-refractivity contribution in [1.82, 2.24) is 4.98 Å². The summed E-state index contributed by atoms with van der Waals surface area (Å²) in [5, 5.41) is 0. The van der Waals surface area contributed by atoms with Gasteiger partial charge in [0.05, 0.1) is 6.10 Å². The molecule has 0 bridgehead atoms. The minimum atomic E-state index is 0.141. The van der Waals surface area contributed by atoms with Gasteiger partial charge in [0.1, 0.15) is 5.75 Å². The number of nitrogens with two attached hydrogens (primary N) is 1. The summed E-state index contributed by atoms with van der Waals surface area (Å²) >= 11 is 0. The Hall–Kier alpha value is -2.23. The second kappa shape index (κ2) is 6.97. The molecule has 112 valence electrons. The van der Waals surface area contributed by atoms with Crippen LogP contribution in [0.1, 0.15) is 19.4 Å². The first-order valence-corrected chi connectivity index (χ1v) is 7.22. The topological polar surface area (TPSA) is 51.4 Å². The van der Waals surface area contributed by atoms with E-state index in [2.05, 4.69) is 16.9 Å². The van der Waals surface area contributed by atoms with Gasteiger partial charge in [0, 0.05) is 49.5 Å². The molecule has 0 saturated carbocycles. The summed E-state index contributed by atoms with van der Waals surface area (Å²) in [4.78, 5) is 6.22. The number of rotatable bonds is 6. The van der Waals surface area contributed by atoms with E-state index in [1.54, 1.807) is 0 Å². The van der Waals surface area contributed by atoms with Gasteiger partial charge in [0.25, 0.3) is 0 Å². The maximum Gasteiger partial charge on any atom is 0.123 e. The fraction of sp³-hybridized carbons (Fsp3) is 0.353. The first-order valence-electron chi connectivity index (χ1n) is 7.22. The first-order chi connectivity index (χ1) is 10.0. The molecule has 0 atom stereocenters. The zero-order valence-corrected chi connectivity index (χ0v) is 12.9. The van der Waals surface area contributed by atoms with Crippen LogP contribution in [-0.2, 0) is 6.42 Å². The van der Waals surface area contributed by atoms with E-state index in [1.807, 2.05) is 56.6 Å². The molecule has 0 radical (unpaired) electrons. The third-order valence-corrected chi connectivity index (χ3v) is 3.21. The van der Waals surface area contributed by atoms with Crippen LogP contribution in [0, 0.1) is 0 Å². The van der Waals surface area contributed by atoms with Crippen LogP contribution in [0.5, 0.6) is 5.75 Å². The zero-order chi connectivity index (χ0) is 15.2. The van der Waals surface area contributed by atoms with E-state index >= 15 is 0 Å². The Bertz CT molecular complexity index is 570. The molecular formula is C17H23N3O. The average Bonchev–Trinajstić information content (AvgIpc) is 2.44. The molecule has 21 heavy (non-hydrogen) atoms. The quantitative estimate of drug-likeness (QED) is 0.828. The van der Waals surface area contributed by atoms with E-state index in [0.29, 0.717) is 0 Å². The number of benzene rings is 1. The van der Waals surface area contributed by atoms with Crippen molar-refractivity contribution in [1.29, 1.82) is 0 Å². The molecule has 1 aromatic heterocycles. The van der Waals surface area contributed by atoms with Gasteiger partial charge in [0.2, 0.25) is 0 Å². The van der Waals surface area contributed by atoms with Gasteiger partial charge in [-0.3, -0.25) is 4.98 Å². The van der Waals surface area contributed by atoms with E-state index < -0.39 is 0 Å². The molecule has 0 aliphatic rings. The van der Waals surface area contributed by atoms with E-state index in [9.17, 15) is 0 Å². The largest absolute Gasteiger partial charge is 0.491 e. The fourth-order valence-corrected chi connectivity index (χ4v) is 2.14. The Morgan fingerprint density at radius 1 is 1.19 bits per heavy atom. The van der Waals surface area contributed by atoms with Gasteiger partial charge in [-0.05, 0) is 44.0 Å². The molecule has 4 heteroatoms. The summed E-state index contributed by atoms with van der Waals surface area (Å²) in [5.74, 6) is 0.816. The minimum absolute atomic E-state index is 0.141. The lowest BCUT2D eigenvalue weighted by atomic mass is 10.2. The van der Waals surface area contributed by atoms with E-state index in [-0.39, 0.29) is 6.10 Å². The number of likely N-dealkylation sites (N-methyl/N-ethyl adjacent to an activating group) is 1.